The lowest BCUT2D eigenvalue weighted by atomic mass is 10.2. The van der Waals surface area contributed by atoms with Crippen LogP contribution in [0.5, 0.6) is 0 Å². The zero-order valence-electron chi connectivity index (χ0n) is 11.6. The third kappa shape index (κ3) is 5.89. The van der Waals surface area contributed by atoms with Gasteiger partial charge >= 0.3 is 0 Å². The van der Waals surface area contributed by atoms with Crippen molar-refractivity contribution in [3.8, 4) is 0 Å². The Labute approximate surface area is 105 Å². The van der Waals surface area contributed by atoms with Crippen molar-refractivity contribution in [3.05, 3.63) is 23.7 Å². The first-order chi connectivity index (χ1) is 8.11. The molecular weight excluding hydrogens is 212 g/mol. The molecule has 3 heteroatoms. The largest absolute Gasteiger partial charge is 0.463 e. The number of hydrogen-bond donors (Lipinski definition) is 1. The molecule has 0 spiro atoms. The van der Waals surface area contributed by atoms with Gasteiger partial charge < -0.3 is 9.73 Å². The summed E-state index contributed by atoms with van der Waals surface area (Å²) in [5, 5.41) is 3.34. The van der Waals surface area contributed by atoms with Crippen LogP contribution in [0.1, 0.15) is 38.7 Å². The van der Waals surface area contributed by atoms with Crippen LogP contribution in [-0.2, 0) is 13.1 Å². The van der Waals surface area contributed by atoms with Gasteiger partial charge in [0.25, 0.3) is 0 Å². The van der Waals surface area contributed by atoms with E-state index in [4.69, 9.17) is 4.42 Å². The summed E-state index contributed by atoms with van der Waals surface area (Å²) >= 11 is 0. The van der Waals surface area contributed by atoms with Crippen LogP contribution in [-0.4, -0.2) is 25.0 Å². The topological polar surface area (TPSA) is 28.4 Å². The van der Waals surface area contributed by atoms with Gasteiger partial charge in [0.15, 0.2) is 0 Å². The molecule has 1 N–H and O–H groups in total. The molecule has 0 unspecified atom stereocenters. The Kier molecular flexibility index (Phi) is 6.30. The Morgan fingerprint density at radius 2 is 2.00 bits per heavy atom. The highest BCUT2D eigenvalue weighted by molar-refractivity contribution is 5.06. The van der Waals surface area contributed by atoms with Crippen molar-refractivity contribution in [2.75, 3.05) is 20.1 Å². The van der Waals surface area contributed by atoms with E-state index in [-0.39, 0.29) is 0 Å². The Morgan fingerprint density at radius 1 is 1.29 bits per heavy atom. The molecule has 0 aromatic carbocycles. The third-order valence-electron chi connectivity index (χ3n) is 2.55. The maximum absolute atomic E-state index is 5.78. The molecule has 0 fully saturated rings. The van der Waals surface area contributed by atoms with Gasteiger partial charge in [-0.05, 0) is 38.1 Å². The van der Waals surface area contributed by atoms with E-state index >= 15 is 0 Å². The fourth-order valence-electron chi connectivity index (χ4n) is 1.94. The Bertz CT molecular complexity index is 307. The molecule has 0 atom stereocenters. The molecule has 0 aliphatic heterocycles. The van der Waals surface area contributed by atoms with E-state index in [1.807, 2.05) is 0 Å². The molecule has 1 aromatic heterocycles. The average Bonchev–Trinajstić information content (AvgIpc) is 2.64. The molecule has 0 saturated heterocycles. The molecule has 3 nitrogen and oxygen atoms in total. The quantitative estimate of drug-likeness (QED) is 0.706. The molecule has 98 valence electrons. The summed E-state index contributed by atoms with van der Waals surface area (Å²) in [6, 6.07) is 4.15. The van der Waals surface area contributed by atoms with Crippen LogP contribution < -0.4 is 5.32 Å². The Morgan fingerprint density at radius 3 is 2.65 bits per heavy atom. The van der Waals surface area contributed by atoms with Gasteiger partial charge in [-0.15, -0.1) is 0 Å². The smallest absolute Gasteiger partial charge is 0.118 e. The maximum Gasteiger partial charge on any atom is 0.118 e. The molecule has 0 bridgehead atoms. The molecule has 17 heavy (non-hydrogen) atoms. The molecule has 0 radical (unpaired) electrons. The number of rotatable bonds is 8. The second kappa shape index (κ2) is 7.51. The van der Waals surface area contributed by atoms with Crippen LogP contribution in [0.15, 0.2) is 16.5 Å². The van der Waals surface area contributed by atoms with Gasteiger partial charge in [0.05, 0.1) is 13.1 Å². The van der Waals surface area contributed by atoms with Crippen LogP contribution >= 0.6 is 0 Å². The summed E-state index contributed by atoms with van der Waals surface area (Å²) in [4.78, 5) is 2.30. The van der Waals surface area contributed by atoms with E-state index in [1.165, 1.54) is 0 Å². The van der Waals surface area contributed by atoms with Crippen molar-refractivity contribution in [1.82, 2.24) is 10.2 Å². The van der Waals surface area contributed by atoms with E-state index in [0.717, 1.165) is 44.1 Å². The van der Waals surface area contributed by atoms with Gasteiger partial charge in [0.1, 0.15) is 11.5 Å². The summed E-state index contributed by atoms with van der Waals surface area (Å²) in [6.07, 6.45) is 1.16. The molecule has 0 aliphatic rings. The zero-order valence-corrected chi connectivity index (χ0v) is 11.6. The molecule has 1 heterocycles. The lowest BCUT2D eigenvalue weighted by Crippen LogP contribution is -2.22. The molecule has 1 aromatic rings. The van der Waals surface area contributed by atoms with E-state index in [1.54, 1.807) is 0 Å². The minimum atomic E-state index is 0.695. The number of furan rings is 1. The summed E-state index contributed by atoms with van der Waals surface area (Å²) in [7, 11) is 2.14. The van der Waals surface area contributed by atoms with Crippen molar-refractivity contribution in [1.29, 1.82) is 0 Å². The van der Waals surface area contributed by atoms with Gasteiger partial charge in [-0.2, -0.15) is 0 Å². The first-order valence-electron chi connectivity index (χ1n) is 6.58. The van der Waals surface area contributed by atoms with Crippen LogP contribution in [0.3, 0.4) is 0 Å². The highest BCUT2D eigenvalue weighted by Gasteiger charge is 2.06. The zero-order chi connectivity index (χ0) is 12.7. The standard InChI is InChI=1S/C14H26N2O/c1-5-8-15-9-13-6-7-14(17-13)11-16(4)10-12(2)3/h6-7,12,15H,5,8-11H2,1-4H3. The second-order valence-corrected chi connectivity index (χ2v) is 5.14. The maximum atomic E-state index is 5.78. The van der Waals surface area contributed by atoms with Gasteiger partial charge in [-0.25, -0.2) is 0 Å². The van der Waals surface area contributed by atoms with Crippen LogP contribution in [0.25, 0.3) is 0 Å². The Balaban J connectivity index is 2.34. The fraction of sp³-hybridized carbons (Fsp3) is 0.714. The van der Waals surface area contributed by atoms with Crippen molar-refractivity contribution in [2.24, 2.45) is 5.92 Å². The van der Waals surface area contributed by atoms with Crippen molar-refractivity contribution in [3.63, 3.8) is 0 Å². The lowest BCUT2D eigenvalue weighted by molar-refractivity contribution is 0.261. The summed E-state index contributed by atoms with van der Waals surface area (Å²) in [5.74, 6) is 2.79. The molecule has 1 rings (SSSR count). The van der Waals surface area contributed by atoms with Crippen molar-refractivity contribution >= 4 is 0 Å². The molecular formula is C14H26N2O. The van der Waals surface area contributed by atoms with Crippen LogP contribution in [0.4, 0.5) is 0 Å². The van der Waals surface area contributed by atoms with Crippen LogP contribution in [0, 0.1) is 5.92 Å². The lowest BCUT2D eigenvalue weighted by Gasteiger charge is -2.17. The predicted octanol–water partition coefficient (Wildman–Crippen LogP) is 2.87. The summed E-state index contributed by atoms with van der Waals surface area (Å²) in [6.45, 7) is 10.5. The van der Waals surface area contributed by atoms with E-state index in [0.29, 0.717) is 5.92 Å². The second-order valence-electron chi connectivity index (χ2n) is 5.14. The van der Waals surface area contributed by atoms with E-state index in [9.17, 15) is 0 Å². The minimum Gasteiger partial charge on any atom is -0.463 e. The highest BCUT2D eigenvalue weighted by Crippen LogP contribution is 2.10. The summed E-state index contributed by atoms with van der Waals surface area (Å²) in [5.41, 5.74) is 0. The predicted molar refractivity (Wildman–Crippen MR) is 71.9 cm³/mol. The summed E-state index contributed by atoms with van der Waals surface area (Å²) < 4.78 is 5.78. The molecule has 0 saturated carbocycles. The van der Waals surface area contributed by atoms with Gasteiger partial charge in [-0.1, -0.05) is 20.8 Å². The van der Waals surface area contributed by atoms with Crippen molar-refractivity contribution in [2.45, 2.75) is 40.3 Å². The average molecular weight is 238 g/mol. The Hall–Kier alpha value is -0.800. The monoisotopic (exact) mass is 238 g/mol. The SMILES string of the molecule is CCCNCc1ccc(CN(C)CC(C)C)o1. The highest BCUT2D eigenvalue weighted by atomic mass is 16.3. The third-order valence-corrected chi connectivity index (χ3v) is 2.55. The van der Waals surface area contributed by atoms with E-state index < -0.39 is 0 Å². The number of nitrogens with one attached hydrogen (secondary N) is 1. The minimum absolute atomic E-state index is 0.695. The van der Waals surface area contributed by atoms with Gasteiger partial charge in [0.2, 0.25) is 0 Å². The van der Waals surface area contributed by atoms with Crippen LogP contribution in [0.2, 0.25) is 0 Å². The molecule has 0 aliphatic carbocycles. The first kappa shape index (κ1) is 14.3. The molecule has 0 amide bonds. The first-order valence-corrected chi connectivity index (χ1v) is 6.58. The number of nitrogens with zero attached hydrogens (tertiary/aromatic N) is 1. The fourth-order valence-corrected chi connectivity index (χ4v) is 1.94. The van der Waals surface area contributed by atoms with Gasteiger partial charge in [-0.3, -0.25) is 4.90 Å². The van der Waals surface area contributed by atoms with Crippen molar-refractivity contribution < 1.29 is 4.42 Å². The number of hydrogen-bond acceptors (Lipinski definition) is 3. The van der Waals surface area contributed by atoms with Gasteiger partial charge in [0, 0.05) is 6.54 Å². The van der Waals surface area contributed by atoms with E-state index in [2.05, 4.69) is 50.2 Å². The normalized spacial score (nSPS) is 11.6.